The zero-order valence-corrected chi connectivity index (χ0v) is 12.9. The van der Waals surface area contributed by atoms with Crippen LogP contribution in [-0.2, 0) is 17.7 Å². The van der Waals surface area contributed by atoms with Gasteiger partial charge in [-0.2, -0.15) is 0 Å². The van der Waals surface area contributed by atoms with E-state index in [0.29, 0.717) is 12.5 Å². The van der Waals surface area contributed by atoms with Crippen LogP contribution in [0.2, 0.25) is 0 Å². The number of hydrogen-bond acceptors (Lipinski definition) is 4. The van der Waals surface area contributed by atoms with Gasteiger partial charge in [-0.05, 0) is 42.2 Å². The van der Waals surface area contributed by atoms with Crippen LogP contribution in [0.3, 0.4) is 0 Å². The van der Waals surface area contributed by atoms with E-state index >= 15 is 0 Å². The van der Waals surface area contributed by atoms with Gasteiger partial charge in [0.05, 0.1) is 6.54 Å². The fraction of sp³-hybridized carbons (Fsp3) is 0.333. The summed E-state index contributed by atoms with van der Waals surface area (Å²) in [4.78, 5) is 9.28. The quantitative estimate of drug-likeness (QED) is 0.805. The smallest absolute Gasteiger partial charge is 0.160 e. The van der Waals surface area contributed by atoms with E-state index in [1.165, 1.54) is 0 Å². The second kappa shape index (κ2) is 6.01. The Balaban J connectivity index is 1.72. The molecule has 0 bridgehead atoms. The predicted octanol–water partition coefficient (Wildman–Crippen LogP) is 2.76. The van der Waals surface area contributed by atoms with Gasteiger partial charge in [-0.15, -0.1) is 0 Å². The Morgan fingerprint density at radius 3 is 3.04 bits per heavy atom. The highest BCUT2D eigenvalue weighted by molar-refractivity contribution is 5.71. The molecule has 3 aromatic rings. The van der Waals surface area contributed by atoms with Crippen LogP contribution in [0.25, 0.3) is 11.2 Å². The van der Waals surface area contributed by atoms with E-state index in [1.54, 1.807) is 18.3 Å². The summed E-state index contributed by atoms with van der Waals surface area (Å²) in [5.41, 5.74) is 2.85. The lowest BCUT2D eigenvalue weighted by molar-refractivity contribution is 0.185. The maximum absolute atomic E-state index is 9.70. The normalized spacial score (nSPS) is 17.8. The van der Waals surface area contributed by atoms with Crippen LogP contribution < -0.4 is 0 Å². The lowest BCUT2D eigenvalue weighted by Crippen LogP contribution is -2.11. The first-order chi connectivity index (χ1) is 11.3. The molecule has 0 radical (unpaired) electrons. The van der Waals surface area contributed by atoms with Crippen LogP contribution in [0.4, 0.5) is 0 Å². The highest BCUT2D eigenvalue weighted by Gasteiger charge is 2.20. The molecular formula is C18H19N3O2. The maximum Gasteiger partial charge on any atom is 0.160 e. The first kappa shape index (κ1) is 14.2. The second-order valence-corrected chi connectivity index (χ2v) is 6.06. The summed E-state index contributed by atoms with van der Waals surface area (Å²) < 4.78 is 7.65. The topological polar surface area (TPSA) is 60.2 Å². The zero-order valence-electron chi connectivity index (χ0n) is 12.9. The Labute approximate surface area is 134 Å². The van der Waals surface area contributed by atoms with Crippen molar-refractivity contribution in [3.63, 3.8) is 0 Å². The Morgan fingerprint density at radius 1 is 1.26 bits per heavy atom. The van der Waals surface area contributed by atoms with Gasteiger partial charge in [0.1, 0.15) is 17.1 Å². The number of aromatic hydroxyl groups is 1. The molecule has 0 spiro atoms. The largest absolute Gasteiger partial charge is 0.508 e. The van der Waals surface area contributed by atoms with Gasteiger partial charge >= 0.3 is 0 Å². The van der Waals surface area contributed by atoms with Crippen molar-refractivity contribution in [1.29, 1.82) is 0 Å². The molecule has 4 rings (SSSR count). The summed E-state index contributed by atoms with van der Waals surface area (Å²) in [7, 11) is 0. The monoisotopic (exact) mass is 309 g/mol. The number of benzene rings is 1. The van der Waals surface area contributed by atoms with Crippen LogP contribution in [0.15, 0.2) is 42.6 Å². The van der Waals surface area contributed by atoms with E-state index in [0.717, 1.165) is 48.6 Å². The number of pyridine rings is 1. The molecule has 1 atom stereocenters. The SMILES string of the molecule is Oc1cccc(Cn2c(CC3CCOC3)nc3cccnc32)c1. The van der Waals surface area contributed by atoms with Crippen LogP contribution in [0.1, 0.15) is 17.8 Å². The van der Waals surface area contributed by atoms with Crippen LogP contribution >= 0.6 is 0 Å². The van der Waals surface area contributed by atoms with E-state index in [4.69, 9.17) is 9.72 Å². The molecule has 1 fully saturated rings. The first-order valence-electron chi connectivity index (χ1n) is 7.95. The summed E-state index contributed by atoms with van der Waals surface area (Å²) in [6, 6.07) is 11.3. The molecule has 1 unspecified atom stereocenters. The summed E-state index contributed by atoms with van der Waals surface area (Å²) in [6.07, 6.45) is 3.78. The molecule has 0 saturated carbocycles. The molecule has 1 aromatic carbocycles. The maximum atomic E-state index is 9.70. The summed E-state index contributed by atoms with van der Waals surface area (Å²) in [5.74, 6) is 1.85. The molecule has 5 heteroatoms. The van der Waals surface area contributed by atoms with Gasteiger partial charge in [-0.1, -0.05) is 12.1 Å². The average molecular weight is 309 g/mol. The van der Waals surface area contributed by atoms with Crippen molar-refractivity contribution < 1.29 is 9.84 Å². The molecular weight excluding hydrogens is 290 g/mol. The van der Waals surface area contributed by atoms with Crippen molar-refractivity contribution in [1.82, 2.24) is 14.5 Å². The molecule has 1 saturated heterocycles. The fourth-order valence-corrected chi connectivity index (χ4v) is 3.17. The van der Waals surface area contributed by atoms with Gasteiger partial charge < -0.3 is 14.4 Å². The standard InChI is InChI=1S/C18H19N3O2/c22-15-4-1-3-13(9-15)11-21-17(10-14-6-8-23-12-14)20-16-5-2-7-19-18(16)21/h1-5,7,9,14,22H,6,8,10-12H2. The van der Waals surface area contributed by atoms with Crippen LogP contribution in [0, 0.1) is 5.92 Å². The molecule has 5 nitrogen and oxygen atoms in total. The third-order valence-electron chi connectivity index (χ3n) is 4.33. The van der Waals surface area contributed by atoms with Gasteiger partial charge in [-0.3, -0.25) is 0 Å². The molecule has 0 amide bonds. The van der Waals surface area contributed by atoms with Crippen molar-refractivity contribution in [2.24, 2.45) is 5.92 Å². The number of imidazole rings is 1. The summed E-state index contributed by atoms with van der Waals surface area (Å²) >= 11 is 0. The van der Waals surface area contributed by atoms with E-state index in [9.17, 15) is 5.11 Å². The highest BCUT2D eigenvalue weighted by Crippen LogP contribution is 2.23. The van der Waals surface area contributed by atoms with Crippen molar-refractivity contribution in [2.45, 2.75) is 19.4 Å². The van der Waals surface area contributed by atoms with E-state index in [1.807, 2.05) is 24.3 Å². The highest BCUT2D eigenvalue weighted by atomic mass is 16.5. The van der Waals surface area contributed by atoms with E-state index in [2.05, 4.69) is 9.55 Å². The van der Waals surface area contributed by atoms with Gasteiger partial charge in [0.15, 0.2) is 5.65 Å². The Hall–Kier alpha value is -2.40. The number of phenols is 1. The van der Waals surface area contributed by atoms with Crippen molar-refractivity contribution in [2.75, 3.05) is 13.2 Å². The number of rotatable bonds is 4. The Morgan fingerprint density at radius 2 is 2.22 bits per heavy atom. The second-order valence-electron chi connectivity index (χ2n) is 6.06. The fourth-order valence-electron chi connectivity index (χ4n) is 3.17. The summed E-state index contributed by atoms with van der Waals surface area (Å²) in [6.45, 7) is 2.31. The molecule has 1 N–H and O–H groups in total. The van der Waals surface area contributed by atoms with Crippen LogP contribution in [0.5, 0.6) is 5.75 Å². The van der Waals surface area contributed by atoms with Gasteiger partial charge in [0.25, 0.3) is 0 Å². The average Bonchev–Trinajstić information content (AvgIpc) is 3.17. The van der Waals surface area contributed by atoms with Gasteiger partial charge in [0.2, 0.25) is 0 Å². The number of ether oxygens (including phenoxy) is 1. The minimum Gasteiger partial charge on any atom is -0.508 e. The molecule has 118 valence electrons. The van der Waals surface area contributed by atoms with Gasteiger partial charge in [0, 0.05) is 25.8 Å². The van der Waals surface area contributed by atoms with Gasteiger partial charge in [-0.25, -0.2) is 9.97 Å². The number of phenolic OH excluding ortho intramolecular Hbond substituents is 1. The lowest BCUT2D eigenvalue weighted by Gasteiger charge is -2.11. The zero-order chi connectivity index (χ0) is 15.6. The van der Waals surface area contributed by atoms with E-state index in [-0.39, 0.29) is 5.75 Å². The summed E-state index contributed by atoms with van der Waals surface area (Å²) in [5, 5.41) is 9.70. The molecule has 1 aliphatic rings. The minimum atomic E-state index is 0.283. The number of hydrogen-bond donors (Lipinski definition) is 1. The molecule has 0 aliphatic carbocycles. The number of nitrogens with zero attached hydrogens (tertiary/aromatic N) is 3. The Kier molecular flexibility index (Phi) is 3.71. The number of aromatic nitrogens is 3. The van der Waals surface area contributed by atoms with Crippen LogP contribution in [-0.4, -0.2) is 32.9 Å². The molecule has 2 aromatic heterocycles. The molecule has 23 heavy (non-hydrogen) atoms. The van der Waals surface area contributed by atoms with E-state index < -0.39 is 0 Å². The number of fused-ring (bicyclic) bond motifs is 1. The first-order valence-corrected chi connectivity index (χ1v) is 7.95. The molecule has 3 heterocycles. The van der Waals surface area contributed by atoms with Crippen molar-refractivity contribution >= 4 is 11.2 Å². The Bertz CT molecular complexity index is 822. The third-order valence-corrected chi connectivity index (χ3v) is 4.33. The minimum absolute atomic E-state index is 0.283. The van der Waals surface area contributed by atoms with Crippen molar-refractivity contribution in [3.05, 3.63) is 54.0 Å². The van der Waals surface area contributed by atoms with Crippen molar-refractivity contribution in [3.8, 4) is 5.75 Å². The third kappa shape index (κ3) is 2.92. The molecule has 1 aliphatic heterocycles. The predicted molar refractivity (Wildman–Crippen MR) is 87.4 cm³/mol. The lowest BCUT2D eigenvalue weighted by atomic mass is 10.0.